The quantitative estimate of drug-likeness (QED) is 0.487. The first-order valence-corrected chi connectivity index (χ1v) is 9.45. The molecule has 2 N–H and O–H groups in total. The Morgan fingerprint density at radius 1 is 1.00 bits per heavy atom. The van der Waals surface area contributed by atoms with Crippen LogP contribution in [-0.4, -0.2) is 27.0 Å². The average Bonchev–Trinajstić information content (AvgIpc) is 3.20. The van der Waals surface area contributed by atoms with Gasteiger partial charge in [0.1, 0.15) is 12.1 Å². The zero-order valence-electron chi connectivity index (χ0n) is 16.2. The topological polar surface area (TPSA) is 71.8 Å². The monoisotopic (exact) mass is 425 g/mol. The lowest BCUT2D eigenvalue weighted by Crippen LogP contribution is -2.29. The van der Waals surface area contributed by atoms with Crippen LogP contribution in [0.1, 0.15) is 11.1 Å². The van der Waals surface area contributed by atoms with Crippen molar-refractivity contribution in [1.82, 2.24) is 19.9 Å². The van der Waals surface area contributed by atoms with E-state index in [-0.39, 0.29) is 24.7 Å². The van der Waals surface area contributed by atoms with Crippen LogP contribution in [0.4, 0.5) is 18.9 Å². The van der Waals surface area contributed by atoms with E-state index in [0.29, 0.717) is 5.82 Å². The number of benzene rings is 2. The molecule has 0 bridgehead atoms. The van der Waals surface area contributed by atoms with Gasteiger partial charge in [0.05, 0.1) is 23.1 Å². The highest BCUT2D eigenvalue weighted by molar-refractivity contribution is 5.80. The van der Waals surface area contributed by atoms with Gasteiger partial charge in [0.15, 0.2) is 0 Å². The maximum absolute atomic E-state index is 12.8. The number of nitrogens with zero attached hydrogens (tertiary/aromatic N) is 3. The van der Waals surface area contributed by atoms with Crippen molar-refractivity contribution >= 4 is 22.6 Å². The van der Waals surface area contributed by atoms with E-state index in [4.69, 9.17) is 0 Å². The van der Waals surface area contributed by atoms with Crippen molar-refractivity contribution in [3.8, 4) is 5.82 Å². The molecule has 0 aliphatic carbocycles. The van der Waals surface area contributed by atoms with Crippen molar-refractivity contribution in [1.29, 1.82) is 0 Å². The number of carbonyl (C=O) groups is 1. The van der Waals surface area contributed by atoms with E-state index in [2.05, 4.69) is 20.6 Å². The average molecular weight is 425 g/mol. The number of halogens is 3. The Morgan fingerprint density at radius 2 is 1.84 bits per heavy atom. The van der Waals surface area contributed by atoms with Gasteiger partial charge >= 0.3 is 6.18 Å². The summed E-state index contributed by atoms with van der Waals surface area (Å²) < 4.78 is 40.1. The molecule has 0 fully saturated rings. The van der Waals surface area contributed by atoms with Crippen LogP contribution in [0.2, 0.25) is 0 Å². The lowest BCUT2D eigenvalue weighted by molar-refractivity contribution is -0.137. The Balaban J connectivity index is 1.32. The summed E-state index contributed by atoms with van der Waals surface area (Å²) >= 11 is 0. The molecule has 9 heteroatoms. The van der Waals surface area contributed by atoms with Crippen LogP contribution in [0.5, 0.6) is 0 Å². The molecule has 0 saturated carbocycles. The molecule has 2 aromatic heterocycles. The molecular formula is C22H18F3N5O. The summed E-state index contributed by atoms with van der Waals surface area (Å²) in [6, 6.07) is 16.1. The van der Waals surface area contributed by atoms with Crippen LogP contribution in [0, 0.1) is 0 Å². The van der Waals surface area contributed by atoms with Crippen molar-refractivity contribution in [3.05, 3.63) is 84.3 Å². The largest absolute Gasteiger partial charge is 0.416 e. The summed E-state index contributed by atoms with van der Waals surface area (Å²) in [6.45, 7) is 0.106. The van der Waals surface area contributed by atoms with Crippen molar-refractivity contribution in [2.75, 3.05) is 11.9 Å². The van der Waals surface area contributed by atoms with Gasteiger partial charge in [-0.25, -0.2) is 9.97 Å². The predicted octanol–water partition coefficient (Wildman–Crippen LogP) is 4.17. The van der Waals surface area contributed by atoms with E-state index in [1.807, 2.05) is 41.0 Å². The van der Waals surface area contributed by atoms with E-state index < -0.39 is 11.7 Å². The Morgan fingerprint density at radius 3 is 2.61 bits per heavy atom. The number of nitrogens with one attached hydrogen (secondary N) is 2. The molecule has 0 atom stereocenters. The standard InChI is InChI=1S/C22H18F3N5O/c23-22(24,25)16-4-3-5-17(10-16)26-13-21(31)28-12-15-8-9-20(27-11-15)30-14-29-18-6-1-2-7-19(18)30/h1-11,14,26H,12-13H2,(H,28,31). The molecule has 4 aromatic rings. The minimum Gasteiger partial charge on any atom is -0.376 e. The number of imidazole rings is 1. The summed E-state index contributed by atoms with van der Waals surface area (Å²) in [5.74, 6) is 0.358. The van der Waals surface area contributed by atoms with Gasteiger partial charge in [-0.1, -0.05) is 24.3 Å². The molecule has 4 rings (SSSR count). The number of anilines is 1. The molecule has 0 radical (unpaired) electrons. The fourth-order valence-electron chi connectivity index (χ4n) is 3.06. The summed E-state index contributed by atoms with van der Waals surface area (Å²) in [4.78, 5) is 20.8. The van der Waals surface area contributed by atoms with Gasteiger partial charge in [0.25, 0.3) is 0 Å². The zero-order valence-corrected chi connectivity index (χ0v) is 16.2. The molecule has 0 saturated heterocycles. The summed E-state index contributed by atoms with van der Waals surface area (Å²) in [5.41, 5.74) is 2.06. The van der Waals surface area contributed by atoms with Gasteiger partial charge in [-0.15, -0.1) is 0 Å². The number of aromatic nitrogens is 3. The van der Waals surface area contributed by atoms with Crippen molar-refractivity contribution in [2.24, 2.45) is 0 Å². The summed E-state index contributed by atoms with van der Waals surface area (Å²) in [7, 11) is 0. The lowest BCUT2D eigenvalue weighted by atomic mass is 10.2. The molecule has 0 spiro atoms. The summed E-state index contributed by atoms with van der Waals surface area (Å²) in [5, 5.41) is 5.42. The number of hydrogen-bond acceptors (Lipinski definition) is 4. The molecule has 158 valence electrons. The predicted molar refractivity (Wildman–Crippen MR) is 111 cm³/mol. The number of hydrogen-bond donors (Lipinski definition) is 2. The molecule has 2 heterocycles. The number of para-hydroxylation sites is 2. The first kappa shape index (κ1) is 20.4. The number of amides is 1. The number of fused-ring (bicyclic) bond motifs is 1. The third-order valence-electron chi connectivity index (χ3n) is 4.64. The van der Waals surface area contributed by atoms with Crippen LogP contribution < -0.4 is 10.6 Å². The van der Waals surface area contributed by atoms with E-state index in [0.717, 1.165) is 28.7 Å². The van der Waals surface area contributed by atoms with E-state index in [1.165, 1.54) is 12.1 Å². The van der Waals surface area contributed by atoms with Gasteiger partial charge in [-0.05, 0) is 42.0 Å². The van der Waals surface area contributed by atoms with Crippen LogP contribution in [0.25, 0.3) is 16.9 Å². The molecule has 31 heavy (non-hydrogen) atoms. The van der Waals surface area contributed by atoms with Gasteiger partial charge in [0.2, 0.25) is 5.91 Å². The number of alkyl halides is 3. The Labute approximate surface area is 175 Å². The Bertz CT molecular complexity index is 1200. The second-order valence-electron chi connectivity index (χ2n) is 6.84. The van der Waals surface area contributed by atoms with Gasteiger partial charge < -0.3 is 10.6 Å². The molecule has 1 amide bonds. The first-order chi connectivity index (χ1) is 14.9. The maximum Gasteiger partial charge on any atom is 0.416 e. The van der Waals surface area contributed by atoms with E-state index in [1.54, 1.807) is 12.5 Å². The summed E-state index contributed by atoms with van der Waals surface area (Å²) in [6.07, 6.45) is -1.07. The normalized spacial score (nSPS) is 11.5. The number of pyridine rings is 1. The first-order valence-electron chi connectivity index (χ1n) is 9.45. The highest BCUT2D eigenvalue weighted by Crippen LogP contribution is 2.30. The van der Waals surface area contributed by atoms with Gasteiger partial charge in [0, 0.05) is 18.4 Å². The Hall–Kier alpha value is -3.88. The zero-order chi connectivity index (χ0) is 21.8. The highest BCUT2D eigenvalue weighted by atomic mass is 19.4. The van der Waals surface area contributed by atoms with Crippen LogP contribution >= 0.6 is 0 Å². The second kappa shape index (κ2) is 8.47. The van der Waals surface area contributed by atoms with Gasteiger partial charge in [-0.2, -0.15) is 13.2 Å². The van der Waals surface area contributed by atoms with Crippen molar-refractivity contribution in [2.45, 2.75) is 12.7 Å². The third kappa shape index (κ3) is 4.82. The third-order valence-corrected chi connectivity index (χ3v) is 4.64. The molecule has 0 aliphatic rings. The van der Waals surface area contributed by atoms with Crippen LogP contribution in [0.15, 0.2) is 73.2 Å². The maximum atomic E-state index is 12.8. The van der Waals surface area contributed by atoms with Crippen LogP contribution in [-0.2, 0) is 17.5 Å². The molecule has 0 aliphatic heterocycles. The molecule has 0 unspecified atom stereocenters. The van der Waals surface area contributed by atoms with Crippen LogP contribution in [0.3, 0.4) is 0 Å². The molecule has 6 nitrogen and oxygen atoms in total. The van der Waals surface area contributed by atoms with Crippen molar-refractivity contribution in [3.63, 3.8) is 0 Å². The fourth-order valence-corrected chi connectivity index (χ4v) is 3.06. The minimum atomic E-state index is -4.43. The number of carbonyl (C=O) groups excluding carboxylic acids is 1. The minimum absolute atomic E-state index is 0.145. The van der Waals surface area contributed by atoms with Crippen molar-refractivity contribution < 1.29 is 18.0 Å². The fraction of sp³-hybridized carbons (Fsp3) is 0.136. The molecule has 2 aromatic carbocycles. The molecular weight excluding hydrogens is 407 g/mol. The van der Waals surface area contributed by atoms with E-state index >= 15 is 0 Å². The smallest absolute Gasteiger partial charge is 0.376 e. The second-order valence-corrected chi connectivity index (χ2v) is 6.84. The highest BCUT2D eigenvalue weighted by Gasteiger charge is 2.30. The van der Waals surface area contributed by atoms with Gasteiger partial charge in [-0.3, -0.25) is 9.36 Å². The van der Waals surface area contributed by atoms with E-state index in [9.17, 15) is 18.0 Å². The Kier molecular flexibility index (Phi) is 5.57. The number of rotatable bonds is 6. The lowest BCUT2D eigenvalue weighted by Gasteiger charge is -2.11. The SMILES string of the molecule is O=C(CNc1cccc(C(F)(F)F)c1)NCc1ccc(-n2cnc3ccccc32)nc1.